The van der Waals surface area contributed by atoms with E-state index >= 15 is 0 Å². The summed E-state index contributed by atoms with van der Waals surface area (Å²) in [6.45, 7) is 11.4. The van der Waals surface area contributed by atoms with Crippen LogP contribution in [0.1, 0.15) is 59.3 Å². The zero-order chi connectivity index (χ0) is 14.4. The van der Waals surface area contributed by atoms with E-state index < -0.39 is 0 Å². The molecule has 2 aliphatic rings. The average molecular weight is 282 g/mol. The number of nitrogens with zero attached hydrogens (tertiary/aromatic N) is 1. The number of nitrogens with one attached hydrogen (secondary N) is 1. The minimum atomic E-state index is 0.400. The van der Waals surface area contributed by atoms with E-state index in [1.807, 2.05) is 0 Å². The molecule has 0 amide bonds. The van der Waals surface area contributed by atoms with Crippen molar-refractivity contribution in [3.63, 3.8) is 0 Å². The Kier molecular flexibility index (Phi) is 6.79. The Hall–Kier alpha value is -0.120. The molecule has 0 saturated carbocycles. The smallest absolute Gasteiger partial charge is 0.0855 e. The second kappa shape index (κ2) is 8.35. The highest BCUT2D eigenvalue weighted by Gasteiger charge is 2.35. The first kappa shape index (κ1) is 16.3. The first-order chi connectivity index (χ1) is 9.78. The number of morpholine rings is 1. The normalized spacial score (nSPS) is 28.8. The molecule has 0 bridgehead atoms. The van der Waals surface area contributed by atoms with E-state index in [4.69, 9.17) is 4.74 Å². The van der Waals surface area contributed by atoms with Crippen LogP contribution in [-0.4, -0.2) is 49.3 Å². The van der Waals surface area contributed by atoms with Crippen LogP contribution in [0.4, 0.5) is 0 Å². The van der Waals surface area contributed by atoms with Gasteiger partial charge in [-0.15, -0.1) is 0 Å². The molecule has 118 valence electrons. The molecule has 2 saturated heterocycles. The molecular formula is C17H34N2O. The van der Waals surface area contributed by atoms with Crippen LogP contribution >= 0.6 is 0 Å². The predicted molar refractivity (Wildman–Crippen MR) is 85.1 cm³/mol. The fraction of sp³-hybridized carbons (Fsp3) is 1.00. The highest BCUT2D eigenvalue weighted by atomic mass is 16.5. The van der Waals surface area contributed by atoms with Crippen LogP contribution in [0.25, 0.3) is 0 Å². The topological polar surface area (TPSA) is 24.5 Å². The number of fused-ring (bicyclic) bond motifs is 1. The first-order valence-electron chi connectivity index (χ1n) is 8.87. The molecule has 0 spiro atoms. The Morgan fingerprint density at radius 3 is 2.75 bits per heavy atom. The second-order valence-corrected chi connectivity index (χ2v) is 6.64. The molecule has 3 nitrogen and oxygen atoms in total. The minimum absolute atomic E-state index is 0.400. The summed E-state index contributed by atoms with van der Waals surface area (Å²) in [5, 5.41) is 3.77. The van der Waals surface area contributed by atoms with E-state index in [-0.39, 0.29) is 0 Å². The molecule has 0 aromatic carbocycles. The molecule has 1 N–H and O–H groups in total. The van der Waals surface area contributed by atoms with Crippen LogP contribution < -0.4 is 5.32 Å². The molecular weight excluding hydrogens is 248 g/mol. The van der Waals surface area contributed by atoms with Crippen molar-refractivity contribution in [2.24, 2.45) is 5.92 Å². The summed E-state index contributed by atoms with van der Waals surface area (Å²) in [6, 6.07) is 1.26. The minimum Gasteiger partial charge on any atom is -0.374 e. The van der Waals surface area contributed by atoms with Crippen molar-refractivity contribution >= 4 is 0 Å². The predicted octanol–water partition coefficient (Wildman–Crippen LogP) is 3.04. The molecule has 2 fully saturated rings. The lowest BCUT2D eigenvalue weighted by atomic mass is 9.91. The summed E-state index contributed by atoms with van der Waals surface area (Å²) in [4.78, 5) is 2.67. The van der Waals surface area contributed by atoms with Crippen LogP contribution in [0.2, 0.25) is 0 Å². The van der Waals surface area contributed by atoms with Crippen molar-refractivity contribution in [2.45, 2.75) is 77.5 Å². The Bertz CT molecular complexity index is 268. The van der Waals surface area contributed by atoms with Crippen molar-refractivity contribution < 1.29 is 4.74 Å². The van der Waals surface area contributed by atoms with Crippen molar-refractivity contribution in [3.8, 4) is 0 Å². The molecule has 20 heavy (non-hydrogen) atoms. The summed E-state index contributed by atoms with van der Waals surface area (Å²) in [7, 11) is 0. The highest BCUT2D eigenvalue weighted by molar-refractivity contribution is 4.90. The summed E-state index contributed by atoms with van der Waals surface area (Å²) >= 11 is 0. The van der Waals surface area contributed by atoms with Crippen molar-refractivity contribution in [1.29, 1.82) is 0 Å². The van der Waals surface area contributed by atoms with Gasteiger partial charge in [0.15, 0.2) is 0 Å². The van der Waals surface area contributed by atoms with Gasteiger partial charge in [-0.05, 0) is 44.7 Å². The van der Waals surface area contributed by atoms with Crippen LogP contribution in [-0.2, 0) is 4.74 Å². The van der Waals surface area contributed by atoms with Gasteiger partial charge in [0, 0.05) is 18.6 Å². The van der Waals surface area contributed by atoms with Crippen LogP contribution in [0.3, 0.4) is 0 Å². The van der Waals surface area contributed by atoms with Crippen LogP contribution in [0, 0.1) is 5.92 Å². The van der Waals surface area contributed by atoms with E-state index in [9.17, 15) is 0 Å². The fourth-order valence-corrected chi connectivity index (χ4v) is 3.76. The van der Waals surface area contributed by atoms with Crippen LogP contribution in [0.5, 0.6) is 0 Å². The van der Waals surface area contributed by atoms with Crippen molar-refractivity contribution in [1.82, 2.24) is 10.2 Å². The van der Waals surface area contributed by atoms with Crippen LogP contribution in [0.15, 0.2) is 0 Å². The van der Waals surface area contributed by atoms with Gasteiger partial charge < -0.3 is 10.1 Å². The van der Waals surface area contributed by atoms with Gasteiger partial charge in [-0.2, -0.15) is 0 Å². The number of ether oxygens (including phenoxy) is 1. The molecule has 2 rings (SSSR count). The van der Waals surface area contributed by atoms with E-state index in [1.165, 1.54) is 45.1 Å². The second-order valence-electron chi connectivity index (χ2n) is 6.64. The monoisotopic (exact) mass is 282 g/mol. The Labute approximate surface area is 125 Å². The largest absolute Gasteiger partial charge is 0.374 e. The number of hydrogen-bond acceptors (Lipinski definition) is 3. The first-order valence-corrected chi connectivity index (χ1v) is 8.87. The zero-order valence-electron chi connectivity index (χ0n) is 13.7. The lowest BCUT2D eigenvalue weighted by Crippen LogP contribution is -2.54. The average Bonchev–Trinajstić information content (AvgIpc) is 2.95. The lowest BCUT2D eigenvalue weighted by molar-refractivity contribution is -0.0677. The maximum absolute atomic E-state index is 6.24. The van der Waals surface area contributed by atoms with E-state index in [1.54, 1.807) is 0 Å². The molecule has 3 atom stereocenters. The molecule has 3 heteroatoms. The molecule has 0 aromatic rings. The van der Waals surface area contributed by atoms with E-state index in [0.29, 0.717) is 18.2 Å². The third-order valence-corrected chi connectivity index (χ3v) is 5.26. The molecule has 2 heterocycles. The van der Waals surface area contributed by atoms with Gasteiger partial charge in [0.05, 0.1) is 12.7 Å². The third-order valence-electron chi connectivity index (χ3n) is 5.26. The number of rotatable bonds is 8. The van der Waals surface area contributed by atoms with Gasteiger partial charge in [-0.25, -0.2) is 0 Å². The maximum Gasteiger partial charge on any atom is 0.0855 e. The lowest BCUT2D eigenvalue weighted by Gasteiger charge is -2.40. The third kappa shape index (κ3) is 4.19. The summed E-state index contributed by atoms with van der Waals surface area (Å²) in [5.41, 5.74) is 0. The summed E-state index contributed by atoms with van der Waals surface area (Å²) in [6.07, 6.45) is 8.16. The highest BCUT2D eigenvalue weighted by Crippen LogP contribution is 2.26. The zero-order valence-corrected chi connectivity index (χ0v) is 13.7. The Morgan fingerprint density at radius 2 is 2.05 bits per heavy atom. The molecule has 0 aromatic heterocycles. The van der Waals surface area contributed by atoms with Gasteiger partial charge in [0.25, 0.3) is 0 Å². The standard InChI is InChI=1S/C17H34N2O/c1-4-9-18-16(11-14(5-2)6-3)17-12-19-10-7-8-15(19)13-20-17/h14-18H,4-13H2,1-3H3. The SMILES string of the molecule is CCCNC(CC(CC)CC)C1CN2CCCC2CO1. The molecule has 2 aliphatic heterocycles. The quantitative estimate of drug-likeness (QED) is 0.740. The molecule has 0 aliphatic carbocycles. The van der Waals surface area contributed by atoms with Gasteiger partial charge >= 0.3 is 0 Å². The van der Waals surface area contributed by atoms with Crippen molar-refractivity contribution in [3.05, 3.63) is 0 Å². The number of hydrogen-bond donors (Lipinski definition) is 1. The Morgan fingerprint density at radius 1 is 1.25 bits per heavy atom. The summed E-state index contributed by atoms with van der Waals surface area (Å²) in [5.74, 6) is 0.837. The maximum atomic E-state index is 6.24. The van der Waals surface area contributed by atoms with Crippen molar-refractivity contribution in [2.75, 3.05) is 26.2 Å². The van der Waals surface area contributed by atoms with E-state index in [0.717, 1.165) is 25.6 Å². The van der Waals surface area contributed by atoms with Gasteiger partial charge in [-0.3, -0.25) is 4.90 Å². The fourth-order valence-electron chi connectivity index (χ4n) is 3.76. The van der Waals surface area contributed by atoms with E-state index in [2.05, 4.69) is 31.0 Å². The van der Waals surface area contributed by atoms with Gasteiger partial charge in [0.2, 0.25) is 0 Å². The summed E-state index contributed by atoms with van der Waals surface area (Å²) < 4.78 is 6.24. The molecule has 3 unspecified atom stereocenters. The van der Waals surface area contributed by atoms with Gasteiger partial charge in [-0.1, -0.05) is 33.6 Å². The van der Waals surface area contributed by atoms with Gasteiger partial charge in [0.1, 0.15) is 0 Å². The Balaban J connectivity index is 1.91. The molecule has 0 radical (unpaired) electrons.